The number of amides is 1. The van der Waals surface area contributed by atoms with Crippen LogP contribution in [0.3, 0.4) is 0 Å². The van der Waals surface area contributed by atoms with Crippen molar-refractivity contribution < 1.29 is 17.6 Å². The summed E-state index contributed by atoms with van der Waals surface area (Å²) >= 11 is 0. The van der Waals surface area contributed by atoms with Crippen LogP contribution < -0.4 is 5.32 Å². The largest absolute Gasteiger partial charge is 0.352 e. The molecule has 162 valence electrons. The van der Waals surface area contributed by atoms with E-state index in [-0.39, 0.29) is 30.3 Å². The summed E-state index contributed by atoms with van der Waals surface area (Å²) in [7, 11) is -3.77. The monoisotopic (exact) mass is 443 g/mol. The van der Waals surface area contributed by atoms with Gasteiger partial charge in [-0.1, -0.05) is 35.5 Å². The predicted molar refractivity (Wildman–Crippen MR) is 111 cm³/mol. The number of nitrogens with zero attached hydrogens (tertiary/aromatic N) is 4. The second-order valence-corrected chi connectivity index (χ2v) is 9.20. The molecule has 8 nitrogen and oxygen atoms in total. The van der Waals surface area contributed by atoms with E-state index in [0.717, 1.165) is 17.7 Å². The summed E-state index contributed by atoms with van der Waals surface area (Å²) in [4.78, 5) is 12.3. The van der Waals surface area contributed by atoms with Crippen LogP contribution in [0, 0.1) is 5.82 Å². The third-order valence-electron chi connectivity index (χ3n) is 5.18. The van der Waals surface area contributed by atoms with E-state index < -0.39 is 15.8 Å². The number of hydrogen-bond donors (Lipinski definition) is 1. The maximum atomic E-state index is 13.2. The summed E-state index contributed by atoms with van der Waals surface area (Å²) in [5.41, 5.74) is 2.29. The highest BCUT2D eigenvalue weighted by Crippen LogP contribution is 2.23. The van der Waals surface area contributed by atoms with Crippen LogP contribution >= 0.6 is 0 Å². The zero-order valence-electron chi connectivity index (χ0n) is 16.7. The number of halogens is 1. The molecule has 2 aromatic carbocycles. The number of carbonyl (C=O) groups excluding carboxylic acids is 1. The molecule has 1 aromatic heterocycles. The van der Waals surface area contributed by atoms with Crippen molar-refractivity contribution in [2.24, 2.45) is 0 Å². The Morgan fingerprint density at radius 1 is 1.06 bits per heavy atom. The Morgan fingerprint density at radius 2 is 1.81 bits per heavy atom. The summed E-state index contributed by atoms with van der Waals surface area (Å²) < 4.78 is 42.0. The first kappa shape index (κ1) is 21.1. The molecular weight excluding hydrogens is 421 g/mol. The van der Waals surface area contributed by atoms with Crippen LogP contribution in [0.2, 0.25) is 0 Å². The Hall–Kier alpha value is -3.11. The van der Waals surface area contributed by atoms with Gasteiger partial charge in [0.05, 0.1) is 29.4 Å². The predicted octanol–water partition coefficient (Wildman–Crippen LogP) is 1.87. The first-order chi connectivity index (χ1) is 14.9. The zero-order chi connectivity index (χ0) is 21.8. The third-order valence-corrected chi connectivity index (χ3v) is 7.04. The smallest absolute Gasteiger partial charge is 0.243 e. The van der Waals surface area contributed by atoms with E-state index in [1.165, 1.54) is 16.4 Å². The van der Waals surface area contributed by atoms with Crippen LogP contribution in [0.25, 0.3) is 0 Å². The van der Waals surface area contributed by atoms with Gasteiger partial charge in [0.25, 0.3) is 0 Å². The van der Waals surface area contributed by atoms with Crippen LogP contribution in [0.5, 0.6) is 0 Å². The molecule has 3 aromatic rings. The van der Waals surface area contributed by atoms with Gasteiger partial charge in [-0.3, -0.25) is 4.79 Å². The lowest BCUT2D eigenvalue weighted by atomic mass is 10.1. The van der Waals surface area contributed by atoms with Crippen molar-refractivity contribution in [1.82, 2.24) is 24.6 Å². The van der Waals surface area contributed by atoms with Gasteiger partial charge in [-0.05, 0) is 29.8 Å². The normalized spacial score (nSPS) is 14.2. The maximum Gasteiger partial charge on any atom is 0.243 e. The fraction of sp³-hybridized carbons (Fsp3) is 0.286. The number of rotatable bonds is 7. The molecule has 1 amide bonds. The van der Waals surface area contributed by atoms with Crippen LogP contribution in [0.4, 0.5) is 4.39 Å². The van der Waals surface area contributed by atoms with E-state index in [4.69, 9.17) is 0 Å². The Bertz CT molecular complexity index is 1160. The summed E-state index contributed by atoms with van der Waals surface area (Å²) in [6, 6.07) is 14.4. The zero-order valence-corrected chi connectivity index (χ0v) is 17.6. The van der Waals surface area contributed by atoms with Crippen LogP contribution in [0.15, 0.2) is 59.5 Å². The lowest BCUT2D eigenvalue weighted by Gasteiger charge is -2.27. The molecule has 0 fully saturated rings. The molecule has 0 atom stereocenters. The first-order valence-corrected chi connectivity index (χ1v) is 11.3. The average molecular weight is 444 g/mol. The van der Waals surface area contributed by atoms with Crippen LogP contribution in [-0.4, -0.2) is 40.2 Å². The Kier molecular flexibility index (Phi) is 6.10. The second-order valence-electron chi connectivity index (χ2n) is 7.26. The van der Waals surface area contributed by atoms with Crippen molar-refractivity contribution in [2.45, 2.75) is 37.4 Å². The number of sulfonamides is 1. The summed E-state index contributed by atoms with van der Waals surface area (Å²) in [6.07, 6.45) is 0.587. The lowest BCUT2D eigenvalue weighted by Crippen LogP contribution is -2.38. The van der Waals surface area contributed by atoms with Gasteiger partial charge in [-0.25, -0.2) is 17.5 Å². The maximum absolute atomic E-state index is 13.2. The molecule has 0 aliphatic carbocycles. The van der Waals surface area contributed by atoms with Crippen molar-refractivity contribution >= 4 is 15.9 Å². The summed E-state index contributed by atoms with van der Waals surface area (Å²) in [6.45, 7) is 1.16. The van der Waals surface area contributed by atoms with Gasteiger partial charge in [-0.2, -0.15) is 4.31 Å². The third kappa shape index (κ3) is 4.80. The number of nitrogens with one attached hydrogen (secondary N) is 1. The van der Waals surface area contributed by atoms with Crippen LogP contribution in [0.1, 0.15) is 23.4 Å². The average Bonchev–Trinajstić information content (AvgIpc) is 3.19. The van der Waals surface area contributed by atoms with E-state index in [0.29, 0.717) is 30.9 Å². The van der Waals surface area contributed by atoms with E-state index >= 15 is 0 Å². The van der Waals surface area contributed by atoms with Gasteiger partial charge in [0.1, 0.15) is 5.82 Å². The van der Waals surface area contributed by atoms with Crippen molar-refractivity contribution in [2.75, 3.05) is 6.54 Å². The highest BCUT2D eigenvalue weighted by Gasteiger charge is 2.31. The van der Waals surface area contributed by atoms with Gasteiger partial charge in [0.15, 0.2) is 0 Å². The minimum atomic E-state index is -3.77. The van der Waals surface area contributed by atoms with Crippen LogP contribution in [-0.2, 0) is 40.9 Å². The molecule has 0 spiro atoms. The Morgan fingerprint density at radius 3 is 2.55 bits per heavy atom. The second kappa shape index (κ2) is 8.94. The van der Waals surface area contributed by atoms with Crippen molar-refractivity contribution in [3.05, 3.63) is 77.4 Å². The van der Waals surface area contributed by atoms with Gasteiger partial charge in [0, 0.05) is 25.9 Å². The van der Waals surface area contributed by atoms with E-state index in [2.05, 4.69) is 15.6 Å². The number of hydrogen-bond acceptors (Lipinski definition) is 5. The van der Waals surface area contributed by atoms with Crippen molar-refractivity contribution in [3.63, 3.8) is 0 Å². The highest BCUT2D eigenvalue weighted by molar-refractivity contribution is 7.89. The number of carbonyl (C=O) groups is 1. The van der Waals surface area contributed by atoms with Gasteiger partial charge in [0.2, 0.25) is 15.9 Å². The SMILES string of the molecule is O=C(CCc1nnn2c1CN(S(=O)(=O)c1ccc(F)cc1)CC2)NCc1ccccc1. The molecule has 1 aliphatic heterocycles. The molecule has 0 saturated carbocycles. The quantitative estimate of drug-likeness (QED) is 0.601. The molecule has 2 heterocycles. The molecule has 0 unspecified atom stereocenters. The fourth-order valence-electron chi connectivity index (χ4n) is 3.45. The highest BCUT2D eigenvalue weighted by atomic mass is 32.2. The van der Waals surface area contributed by atoms with Crippen molar-refractivity contribution in [1.29, 1.82) is 0 Å². The van der Waals surface area contributed by atoms with Gasteiger partial charge in [-0.15, -0.1) is 5.10 Å². The molecule has 1 aliphatic rings. The number of benzene rings is 2. The van der Waals surface area contributed by atoms with Crippen molar-refractivity contribution in [3.8, 4) is 0 Å². The lowest BCUT2D eigenvalue weighted by molar-refractivity contribution is -0.121. The molecule has 0 saturated heterocycles. The molecule has 31 heavy (non-hydrogen) atoms. The fourth-order valence-corrected chi connectivity index (χ4v) is 4.84. The number of fused-ring (bicyclic) bond motifs is 1. The molecule has 0 bridgehead atoms. The van der Waals surface area contributed by atoms with E-state index in [9.17, 15) is 17.6 Å². The minimum absolute atomic E-state index is 0.0386. The Balaban J connectivity index is 1.39. The molecule has 4 rings (SSSR count). The summed E-state index contributed by atoms with van der Waals surface area (Å²) in [5, 5.41) is 11.1. The first-order valence-electron chi connectivity index (χ1n) is 9.91. The summed E-state index contributed by atoms with van der Waals surface area (Å²) in [5.74, 6) is -0.607. The molecule has 1 N–H and O–H groups in total. The van der Waals surface area contributed by atoms with E-state index in [1.807, 2.05) is 30.3 Å². The molecule has 10 heteroatoms. The number of aryl methyl sites for hydroxylation is 1. The minimum Gasteiger partial charge on any atom is -0.352 e. The molecule has 0 radical (unpaired) electrons. The molecular formula is C21H22FN5O3S. The Labute approximate surface area is 179 Å². The van der Waals surface area contributed by atoms with E-state index in [1.54, 1.807) is 4.68 Å². The topological polar surface area (TPSA) is 97.2 Å². The van der Waals surface area contributed by atoms with Gasteiger partial charge >= 0.3 is 0 Å². The number of aromatic nitrogens is 3. The van der Waals surface area contributed by atoms with Gasteiger partial charge < -0.3 is 5.32 Å². The standard InChI is InChI=1S/C21H22FN5O3S/c22-17-6-8-18(9-7-17)31(29,30)26-12-13-27-20(15-26)19(24-25-27)10-11-21(28)23-14-16-4-2-1-3-5-16/h1-9H,10-15H2,(H,23,28).